The van der Waals surface area contributed by atoms with Gasteiger partial charge < -0.3 is 0 Å². The number of benzene rings is 1. The molecule has 0 atom stereocenters. The van der Waals surface area contributed by atoms with E-state index in [-0.39, 0.29) is 0 Å². The average Bonchev–Trinajstić information content (AvgIpc) is 2.17. The number of hydrogen-bond acceptors (Lipinski definition) is 1. The second-order valence-electron chi connectivity index (χ2n) is 2.94. The highest BCUT2D eigenvalue weighted by Crippen LogP contribution is 2.29. The Balaban J connectivity index is 2.44. The molecule has 2 rings (SSSR count). The normalized spacial score (nSPS) is 14.4. The predicted octanol–water partition coefficient (Wildman–Crippen LogP) is 3.37. The van der Waals surface area contributed by atoms with Crippen molar-refractivity contribution in [2.45, 2.75) is 18.2 Å². The van der Waals surface area contributed by atoms with Gasteiger partial charge in [0, 0.05) is 10.6 Å². The van der Waals surface area contributed by atoms with Crippen LogP contribution < -0.4 is 0 Å². The van der Waals surface area contributed by atoms with E-state index in [9.17, 15) is 0 Å². The maximum atomic E-state index is 2.31. The van der Waals surface area contributed by atoms with Gasteiger partial charge >= 0.3 is 0 Å². The van der Waals surface area contributed by atoms with Crippen molar-refractivity contribution in [3.63, 3.8) is 0 Å². The van der Waals surface area contributed by atoms with Crippen molar-refractivity contribution in [2.75, 3.05) is 5.75 Å². The van der Waals surface area contributed by atoms with Gasteiger partial charge in [-0.1, -0.05) is 31.2 Å². The molecule has 1 heteroatoms. The van der Waals surface area contributed by atoms with Gasteiger partial charge in [0.1, 0.15) is 0 Å². The first-order chi connectivity index (χ1) is 5.90. The molecule has 0 radical (unpaired) electrons. The van der Waals surface area contributed by atoms with Gasteiger partial charge in [-0.25, -0.2) is 0 Å². The van der Waals surface area contributed by atoms with Crippen LogP contribution in [-0.4, -0.2) is 5.75 Å². The van der Waals surface area contributed by atoms with Crippen LogP contribution in [0.1, 0.15) is 18.1 Å². The SMILES string of the molecule is CCc1ccc2c(c1)SCC=C2. The molecule has 1 aliphatic heterocycles. The van der Waals surface area contributed by atoms with Gasteiger partial charge in [0.2, 0.25) is 0 Å². The molecule has 0 N–H and O–H groups in total. The van der Waals surface area contributed by atoms with Gasteiger partial charge in [0.25, 0.3) is 0 Å². The highest BCUT2D eigenvalue weighted by atomic mass is 32.2. The highest BCUT2D eigenvalue weighted by Gasteiger charge is 2.04. The molecule has 0 saturated heterocycles. The Morgan fingerprint density at radius 1 is 1.42 bits per heavy atom. The minimum atomic E-state index is 1.13. The summed E-state index contributed by atoms with van der Waals surface area (Å²) in [7, 11) is 0. The Hall–Kier alpha value is -0.690. The van der Waals surface area contributed by atoms with Crippen LogP contribution in [0.3, 0.4) is 0 Å². The Kier molecular flexibility index (Phi) is 2.22. The van der Waals surface area contributed by atoms with E-state index in [1.165, 1.54) is 16.0 Å². The molecule has 0 aliphatic carbocycles. The van der Waals surface area contributed by atoms with Crippen LogP contribution in [0, 0.1) is 0 Å². The summed E-state index contributed by atoms with van der Waals surface area (Å²) in [5.41, 5.74) is 2.82. The van der Waals surface area contributed by atoms with Crippen molar-refractivity contribution in [1.82, 2.24) is 0 Å². The second kappa shape index (κ2) is 3.36. The molecular weight excluding hydrogens is 164 g/mol. The monoisotopic (exact) mass is 176 g/mol. The summed E-state index contributed by atoms with van der Waals surface area (Å²) in [6.07, 6.45) is 5.57. The van der Waals surface area contributed by atoms with Crippen molar-refractivity contribution in [3.05, 3.63) is 35.4 Å². The van der Waals surface area contributed by atoms with Crippen LogP contribution in [0.2, 0.25) is 0 Å². The highest BCUT2D eigenvalue weighted by molar-refractivity contribution is 7.99. The molecule has 0 nitrogen and oxygen atoms in total. The van der Waals surface area contributed by atoms with Gasteiger partial charge in [-0.3, -0.25) is 0 Å². The summed E-state index contributed by atoms with van der Waals surface area (Å²) < 4.78 is 0. The van der Waals surface area contributed by atoms with Crippen molar-refractivity contribution in [3.8, 4) is 0 Å². The molecule has 1 aromatic rings. The van der Waals surface area contributed by atoms with Crippen LogP contribution in [0.25, 0.3) is 6.08 Å². The maximum absolute atomic E-state index is 2.31. The zero-order chi connectivity index (χ0) is 8.39. The number of thioether (sulfide) groups is 1. The van der Waals surface area contributed by atoms with Crippen molar-refractivity contribution in [1.29, 1.82) is 0 Å². The Bertz CT molecular complexity index is 313. The minimum absolute atomic E-state index is 1.13. The molecular formula is C11H12S. The van der Waals surface area contributed by atoms with E-state index in [1.807, 2.05) is 11.8 Å². The maximum Gasteiger partial charge on any atom is 0.0164 e. The molecule has 0 unspecified atom stereocenters. The summed E-state index contributed by atoms with van der Waals surface area (Å²) in [6.45, 7) is 2.20. The fraction of sp³-hybridized carbons (Fsp3) is 0.273. The van der Waals surface area contributed by atoms with Crippen LogP contribution in [0.4, 0.5) is 0 Å². The molecule has 1 aliphatic rings. The Morgan fingerprint density at radius 2 is 2.33 bits per heavy atom. The molecule has 0 spiro atoms. The molecule has 0 bridgehead atoms. The summed E-state index contributed by atoms with van der Waals surface area (Å²) in [5.74, 6) is 1.13. The number of rotatable bonds is 1. The summed E-state index contributed by atoms with van der Waals surface area (Å²) in [5, 5.41) is 0. The molecule has 0 saturated carbocycles. The topological polar surface area (TPSA) is 0 Å². The minimum Gasteiger partial charge on any atom is -0.121 e. The van der Waals surface area contributed by atoms with E-state index in [4.69, 9.17) is 0 Å². The van der Waals surface area contributed by atoms with Gasteiger partial charge in [-0.2, -0.15) is 0 Å². The van der Waals surface area contributed by atoms with E-state index < -0.39 is 0 Å². The third-order valence-electron chi connectivity index (χ3n) is 2.12. The molecule has 0 fully saturated rings. The number of fused-ring (bicyclic) bond motifs is 1. The van der Waals surface area contributed by atoms with E-state index in [0.717, 1.165) is 12.2 Å². The average molecular weight is 176 g/mol. The molecule has 1 aromatic carbocycles. The fourth-order valence-electron chi connectivity index (χ4n) is 1.37. The lowest BCUT2D eigenvalue weighted by Gasteiger charge is -2.10. The standard InChI is InChI=1S/C11H12S/c1-2-9-5-6-10-4-3-7-12-11(10)8-9/h3-6,8H,2,7H2,1H3. The quantitative estimate of drug-likeness (QED) is 0.632. The van der Waals surface area contributed by atoms with Crippen LogP contribution >= 0.6 is 11.8 Å². The number of aryl methyl sites for hydroxylation is 1. The third kappa shape index (κ3) is 1.42. The van der Waals surface area contributed by atoms with E-state index >= 15 is 0 Å². The first-order valence-corrected chi connectivity index (χ1v) is 5.31. The number of hydrogen-bond donors (Lipinski definition) is 0. The molecule has 1 heterocycles. The van der Waals surface area contributed by atoms with Gasteiger partial charge in [0.15, 0.2) is 0 Å². The zero-order valence-electron chi connectivity index (χ0n) is 7.21. The smallest absolute Gasteiger partial charge is 0.0164 e. The van der Waals surface area contributed by atoms with Crippen LogP contribution in [0.15, 0.2) is 29.2 Å². The van der Waals surface area contributed by atoms with E-state index in [1.54, 1.807) is 0 Å². The van der Waals surface area contributed by atoms with Crippen LogP contribution in [0.5, 0.6) is 0 Å². The molecule has 0 amide bonds. The van der Waals surface area contributed by atoms with Crippen molar-refractivity contribution < 1.29 is 0 Å². The lowest BCUT2D eigenvalue weighted by atomic mass is 10.1. The van der Waals surface area contributed by atoms with E-state index in [0.29, 0.717) is 0 Å². The van der Waals surface area contributed by atoms with Gasteiger partial charge in [-0.15, -0.1) is 11.8 Å². The Morgan fingerprint density at radius 3 is 3.17 bits per heavy atom. The van der Waals surface area contributed by atoms with E-state index in [2.05, 4.69) is 37.3 Å². The summed E-state index contributed by atoms with van der Waals surface area (Å²) in [4.78, 5) is 1.44. The van der Waals surface area contributed by atoms with Crippen molar-refractivity contribution in [2.24, 2.45) is 0 Å². The predicted molar refractivity (Wildman–Crippen MR) is 55.6 cm³/mol. The summed E-state index contributed by atoms with van der Waals surface area (Å²) >= 11 is 1.93. The third-order valence-corrected chi connectivity index (χ3v) is 3.14. The molecule has 12 heavy (non-hydrogen) atoms. The molecule has 0 aromatic heterocycles. The van der Waals surface area contributed by atoms with Crippen LogP contribution in [-0.2, 0) is 6.42 Å². The van der Waals surface area contributed by atoms with Gasteiger partial charge in [-0.05, 0) is 23.6 Å². The fourth-order valence-corrected chi connectivity index (χ4v) is 2.28. The second-order valence-corrected chi connectivity index (χ2v) is 4.00. The van der Waals surface area contributed by atoms with Crippen molar-refractivity contribution >= 4 is 17.8 Å². The Labute approximate surface area is 77.7 Å². The summed E-state index contributed by atoms with van der Waals surface area (Å²) in [6, 6.07) is 6.75. The lowest BCUT2D eigenvalue weighted by molar-refractivity contribution is 1.12. The van der Waals surface area contributed by atoms with Gasteiger partial charge in [0.05, 0.1) is 0 Å². The molecule has 62 valence electrons. The first-order valence-electron chi connectivity index (χ1n) is 4.32. The largest absolute Gasteiger partial charge is 0.121 e. The lowest BCUT2D eigenvalue weighted by Crippen LogP contribution is -1.89. The first kappa shape index (κ1) is 7.93. The zero-order valence-corrected chi connectivity index (χ0v) is 8.03.